The van der Waals surface area contributed by atoms with E-state index in [1.807, 2.05) is 0 Å². The van der Waals surface area contributed by atoms with Gasteiger partial charge in [-0.25, -0.2) is 0 Å². The quantitative estimate of drug-likeness (QED) is 0.900. The Hall–Kier alpha value is -0.420. The molecule has 0 amide bonds. The van der Waals surface area contributed by atoms with E-state index in [1.54, 1.807) is 0 Å². The molecule has 74 valence electrons. The van der Waals surface area contributed by atoms with E-state index in [2.05, 4.69) is 15.9 Å². The number of hydrogen-bond donors (Lipinski definition) is 1. The van der Waals surface area contributed by atoms with Crippen molar-refractivity contribution in [3.8, 4) is 0 Å². The number of aliphatic hydroxyl groups is 1. The predicted molar refractivity (Wildman–Crippen MR) is 46.7 cm³/mol. The topological polar surface area (TPSA) is 33.4 Å². The summed E-state index contributed by atoms with van der Waals surface area (Å²) in [5.74, 6) is -3.47. The molecule has 0 unspecified atom stereocenters. The van der Waals surface area contributed by atoms with Gasteiger partial charge < -0.3 is 9.52 Å². The maximum atomic E-state index is 13.2. The van der Waals surface area contributed by atoms with Crippen LogP contribution in [0.3, 0.4) is 0 Å². The van der Waals surface area contributed by atoms with Crippen LogP contribution in [0.25, 0.3) is 0 Å². The molecule has 13 heavy (non-hydrogen) atoms. The third-order valence-corrected chi connectivity index (χ3v) is 2.04. The van der Waals surface area contributed by atoms with Gasteiger partial charge in [0.15, 0.2) is 10.4 Å². The van der Waals surface area contributed by atoms with Crippen LogP contribution in [-0.2, 0) is 5.92 Å². The molecule has 1 aromatic heterocycles. The van der Waals surface area contributed by atoms with Crippen LogP contribution < -0.4 is 0 Å². The second kappa shape index (κ2) is 3.75. The van der Waals surface area contributed by atoms with Gasteiger partial charge in [0.05, 0.1) is 0 Å². The Balaban J connectivity index is 2.98. The first-order valence-corrected chi connectivity index (χ1v) is 4.52. The zero-order valence-corrected chi connectivity index (χ0v) is 8.57. The molecular formula is C8H9BrF2O2. The van der Waals surface area contributed by atoms with Crippen molar-refractivity contribution in [2.45, 2.75) is 19.3 Å². The molecule has 0 fully saturated rings. The van der Waals surface area contributed by atoms with Crippen LogP contribution in [0.15, 0.2) is 15.2 Å². The molecule has 2 nitrogen and oxygen atoms in total. The van der Waals surface area contributed by atoms with Gasteiger partial charge in [-0.2, -0.15) is 8.78 Å². The van der Waals surface area contributed by atoms with Crippen LogP contribution >= 0.6 is 15.9 Å². The Morgan fingerprint density at radius 3 is 2.62 bits per heavy atom. The third kappa shape index (κ3) is 2.28. The fourth-order valence-electron chi connectivity index (χ4n) is 1.06. The number of halogens is 3. The van der Waals surface area contributed by atoms with Crippen molar-refractivity contribution in [2.24, 2.45) is 0 Å². The van der Waals surface area contributed by atoms with Gasteiger partial charge in [0.1, 0.15) is 0 Å². The smallest absolute Gasteiger partial charge is 0.307 e. The Bertz CT molecular complexity index is 296. The normalized spacial score (nSPS) is 12.1. The summed E-state index contributed by atoms with van der Waals surface area (Å²) in [6, 6.07) is 1.47. The van der Waals surface area contributed by atoms with Crippen LogP contribution in [0.1, 0.15) is 17.7 Å². The minimum atomic E-state index is -3.09. The predicted octanol–water partition coefficient (Wildman–Crippen LogP) is 2.82. The van der Waals surface area contributed by atoms with Crippen molar-refractivity contribution >= 4 is 15.9 Å². The molecule has 0 aliphatic heterocycles. The molecule has 1 aromatic rings. The molecule has 0 spiro atoms. The summed E-state index contributed by atoms with van der Waals surface area (Å²) in [6.45, 7) is 0.972. The lowest BCUT2D eigenvalue weighted by Gasteiger charge is -2.12. The Labute approximate surface area is 82.7 Å². The molecule has 0 atom stereocenters. The van der Waals surface area contributed by atoms with Crippen molar-refractivity contribution in [3.05, 3.63) is 22.1 Å². The van der Waals surface area contributed by atoms with Gasteiger partial charge >= 0.3 is 5.92 Å². The fourth-order valence-corrected chi connectivity index (χ4v) is 1.57. The molecule has 0 radical (unpaired) electrons. The monoisotopic (exact) mass is 254 g/mol. The highest BCUT2D eigenvalue weighted by atomic mass is 79.9. The van der Waals surface area contributed by atoms with Crippen molar-refractivity contribution in [1.29, 1.82) is 0 Å². The standard InChI is InChI=1S/C8H9BrF2O2/c1-5-4-6(9)13-7(5)8(10,11)2-3-12/h4,12H,2-3H2,1H3. The first-order chi connectivity index (χ1) is 5.97. The molecule has 1 rings (SSSR count). The number of rotatable bonds is 3. The number of furan rings is 1. The zero-order chi connectivity index (χ0) is 10.1. The summed E-state index contributed by atoms with van der Waals surface area (Å²) in [5.41, 5.74) is 0.380. The summed E-state index contributed by atoms with van der Waals surface area (Å²) in [6.07, 6.45) is -0.617. The SMILES string of the molecule is Cc1cc(Br)oc1C(F)(F)CCO. The van der Waals surface area contributed by atoms with E-state index < -0.39 is 19.0 Å². The van der Waals surface area contributed by atoms with E-state index in [4.69, 9.17) is 9.52 Å². The number of alkyl halides is 2. The average Bonchev–Trinajstić information content (AvgIpc) is 2.30. The maximum absolute atomic E-state index is 13.2. The zero-order valence-electron chi connectivity index (χ0n) is 6.98. The molecule has 5 heteroatoms. The average molecular weight is 255 g/mol. The lowest BCUT2D eigenvalue weighted by Crippen LogP contribution is -2.15. The fraction of sp³-hybridized carbons (Fsp3) is 0.500. The number of hydrogen-bond acceptors (Lipinski definition) is 2. The van der Waals surface area contributed by atoms with Gasteiger partial charge in [-0.3, -0.25) is 0 Å². The number of aryl methyl sites for hydroxylation is 1. The molecule has 1 N–H and O–H groups in total. The summed E-state index contributed by atoms with van der Waals surface area (Å²) in [5, 5.41) is 8.43. The highest BCUT2D eigenvalue weighted by Gasteiger charge is 2.36. The molecule has 0 aliphatic rings. The minimum Gasteiger partial charge on any atom is -0.448 e. The van der Waals surface area contributed by atoms with E-state index in [0.29, 0.717) is 5.56 Å². The van der Waals surface area contributed by atoms with Gasteiger partial charge in [0, 0.05) is 13.0 Å². The molecule has 0 saturated carbocycles. The molecule has 1 heterocycles. The molecule has 0 aliphatic carbocycles. The summed E-state index contributed by atoms with van der Waals surface area (Å²) < 4.78 is 31.4. The van der Waals surface area contributed by atoms with E-state index in [1.165, 1.54) is 13.0 Å². The molecule has 0 aromatic carbocycles. The third-order valence-electron chi connectivity index (χ3n) is 1.65. The van der Waals surface area contributed by atoms with Crippen LogP contribution in [0, 0.1) is 6.92 Å². The van der Waals surface area contributed by atoms with E-state index in [0.717, 1.165) is 0 Å². The largest absolute Gasteiger partial charge is 0.448 e. The molecule has 0 saturated heterocycles. The van der Waals surface area contributed by atoms with Crippen LogP contribution in [0.4, 0.5) is 8.78 Å². The lowest BCUT2D eigenvalue weighted by molar-refractivity contribution is -0.0472. The second-order valence-corrected chi connectivity index (χ2v) is 3.52. The molecule has 0 bridgehead atoms. The lowest BCUT2D eigenvalue weighted by atomic mass is 10.1. The van der Waals surface area contributed by atoms with Gasteiger partial charge in [0.2, 0.25) is 0 Å². The summed E-state index contributed by atoms with van der Waals surface area (Å²) in [4.78, 5) is 0. The van der Waals surface area contributed by atoms with Gasteiger partial charge in [0.25, 0.3) is 0 Å². The first kappa shape index (κ1) is 10.7. The Kier molecular flexibility index (Phi) is 3.08. The van der Waals surface area contributed by atoms with Crippen molar-refractivity contribution in [2.75, 3.05) is 6.61 Å². The van der Waals surface area contributed by atoms with Gasteiger partial charge in [-0.15, -0.1) is 0 Å². The van der Waals surface area contributed by atoms with Crippen LogP contribution in [0.5, 0.6) is 0 Å². The minimum absolute atomic E-state index is 0.276. The van der Waals surface area contributed by atoms with Crippen molar-refractivity contribution in [3.63, 3.8) is 0 Å². The van der Waals surface area contributed by atoms with Gasteiger partial charge in [-0.1, -0.05) is 0 Å². The van der Waals surface area contributed by atoms with Crippen molar-refractivity contribution < 1.29 is 18.3 Å². The highest BCUT2D eigenvalue weighted by molar-refractivity contribution is 9.10. The molecular weight excluding hydrogens is 246 g/mol. The Morgan fingerprint density at radius 2 is 2.23 bits per heavy atom. The number of aliphatic hydroxyl groups excluding tert-OH is 1. The maximum Gasteiger partial charge on any atom is 0.307 e. The highest BCUT2D eigenvalue weighted by Crippen LogP contribution is 2.36. The van der Waals surface area contributed by atoms with Crippen molar-refractivity contribution in [1.82, 2.24) is 0 Å². The summed E-state index contributed by atoms with van der Waals surface area (Å²) in [7, 11) is 0. The Morgan fingerprint density at radius 1 is 1.62 bits per heavy atom. The first-order valence-electron chi connectivity index (χ1n) is 3.72. The van der Waals surface area contributed by atoms with Crippen LogP contribution in [-0.4, -0.2) is 11.7 Å². The van der Waals surface area contributed by atoms with Gasteiger partial charge in [-0.05, 0) is 34.5 Å². The van der Waals surface area contributed by atoms with Crippen LogP contribution in [0.2, 0.25) is 0 Å². The second-order valence-electron chi connectivity index (χ2n) is 2.74. The van der Waals surface area contributed by atoms with E-state index in [-0.39, 0.29) is 10.4 Å². The van der Waals surface area contributed by atoms with E-state index in [9.17, 15) is 8.78 Å². The van der Waals surface area contributed by atoms with E-state index >= 15 is 0 Å². The summed E-state index contributed by atoms with van der Waals surface area (Å²) >= 11 is 2.96.